The number of benzene rings is 1. The molecule has 0 spiro atoms. The van der Waals surface area contributed by atoms with Crippen molar-refractivity contribution in [3.63, 3.8) is 0 Å². The molecule has 0 bridgehead atoms. The van der Waals surface area contributed by atoms with Crippen molar-refractivity contribution in [2.45, 2.75) is 12.8 Å². The molecule has 1 aliphatic rings. The predicted octanol–water partition coefficient (Wildman–Crippen LogP) is 3.51. The number of hydrogen-bond acceptors (Lipinski definition) is 4. The van der Waals surface area contributed by atoms with Crippen LogP contribution in [0.2, 0.25) is 0 Å². The molecule has 0 aliphatic heterocycles. The summed E-state index contributed by atoms with van der Waals surface area (Å²) in [6.45, 7) is 4.86. The van der Waals surface area contributed by atoms with Gasteiger partial charge in [0.05, 0.1) is 0 Å². The summed E-state index contributed by atoms with van der Waals surface area (Å²) in [6, 6.07) is 7.70. The van der Waals surface area contributed by atoms with Gasteiger partial charge in [-0.1, -0.05) is 24.8 Å². The van der Waals surface area contributed by atoms with E-state index in [1.165, 1.54) is 24.2 Å². The Balaban J connectivity index is 1.69. The van der Waals surface area contributed by atoms with E-state index >= 15 is 0 Å². The molecule has 22 heavy (non-hydrogen) atoms. The molecule has 0 atom stereocenters. The third-order valence-corrected chi connectivity index (χ3v) is 4.33. The van der Waals surface area contributed by atoms with Crippen LogP contribution in [0.25, 0.3) is 10.6 Å². The average Bonchev–Trinajstić information content (AvgIpc) is 3.24. The van der Waals surface area contributed by atoms with E-state index in [1.807, 2.05) is 24.3 Å². The molecule has 1 fully saturated rings. The molecule has 1 heterocycles. The topological polar surface area (TPSA) is 51.2 Å². The van der Waals surface area contributed by atoms with Crippen molar-refractivity contribution in [2.24, 2.45) is 5.92 Å². The van der Waals surface area contributed by atoms with Gasteiger partial charge in [-0.25, -0.2) is 4.98 Å². The molecule has 5 heteroatoms. The summed E-state index contributed by atoms with van der Waals surface area (Å²) in [5.41, 5.74) is 1.44. The first-order chi connectivity index (χ1) is 10.8. The minimum Gasteiger partial charge on any atom is -0.490 e. The second-order valence-electron chi connectivity index (χ2n) is 5.32. The Morgan fingerprint density at radius 1 is 1.50 bits per heavy atom. The van der Waals surface area contributed by atoms with E-state index in [-0.39, 0.29) is 5.91 Å². The highest BCUT2D eigenvalue weighted by atomic mass is 32.1. The molecule has 0 unspecified atom stereocenters. The molecule has 3 rings (SSSR count). The number of carbonyl (C=O) groups excluding carboxylic acids is 1. The summed E-state index contributed by atoms with van der Waals surface area (Å²) in [6.07, 6.45) is 4.15. The van der Waals surface area contributed by atoms with Crippen molar-refractivity contribution in [1.82, 2.24) is 10.3 Å². The molecular weight excluding hydrogens is 296 g/mol. The predicted molar refractivity (Wildman–Crippen MR) is 88.3 cm³/mol. The van der Waals surface area contributed by atoms with Crippen LogP contribution >= 0.6 is 11.3 Å². The highest BCUT2D eigenvalue weighted by molar-refractivity contribution is 7.13. The summed E-state index contributed by atoms with van der Waals surface area (Å²) in [5, 5.41) is 5.55. The number of rotatable bonds is 7. The molecule has 1 aromatic carbocycles. The normalized spacial score (nSPS) is 13.6. The summed E-state index contributed by atoms with van der Waals surface area (Å²) in [4.78, 5) is 16.5. The van der Waals surface area contributed by atoms with Crippen LogP contribution in [0.5, 0.6) is 5.75 Å². The molecule has 0 radical (unpaired) electrons. The second kappa shape index (κ2) is 6.75. The van der Waals surface area contributed by atoms with Crippen LogP contribution in [0.15, 0.2) is 42.3 Å². The van der Waals surface area contributed by atoms with Crippen LogP contribution in [0.4, 0.5) is 0 Å². The van der Waals surface area contributed by atoms with Crippen molar-refractivity contribution in [3.8, 4) is 16.3 Å². The van der Waals surface area contributed by atoms with E-state index in [0.717, 1.165) is 22.9 Å². The zero-order chi connectivity index (χ0) is 15.4. The SMILES string of the molecule is C=CCOc1cccc(-c2nc(C(=O)NCC3CC3)cs2)c1. The van der Waals surface area contributed by atoms with Crippen molar-refractivity contribution in [3.05, 3.63) is 48.0 Å². The van der Waals surface area contributed by atoms with Gasteiger partial charge in [0.1, 0.15) is 23.1 Å². The molecule has 1 saturated carbocycles. The quantitative estimate of drug-likeness (QED) is 0.796. The molecule has 114 valence electrons. The maximum atomic E-state index is 12.0. The first kappa shape index (κ1) is 14.8. The molecule has 1 N–H and O–H groups in total. The highest BCUT2D eigenvalue weighted by Crippen LogP contribution is 2.28. The van der Waals surface area contributed by atoms with Crippen LogP contribution in [0.1, 0.15) is 23.3 Å². The largest absolute Gasteiger partial charge is 0.490 e. The molecule has 2 aromatic rings. The van der Waals surface area contributed by atoms with Crippen LogP contribution in [-0.2, 0) is 0 Å². The minimum atomic E-state index is -0.0894. The van der Waals surface area contributed by atoms with Gasteiger partial charge in [-0.05, 0) is 30.9 Å². The van der Waals surface area contributed by atoms with Crippen molar-refractivity contribution in [1.29, 1.82) is 0 Å². The van der Waals surface area contributed by atoms with E-state index < -0.39 is 0 Å². The monoisotopic (exact) mass is 314 g/mol. The van der Waals surface area contributed by atoms with E-state index in [0.29, 0.717) is 18.2 Å². The van der Waals surface area contributed by atoms with Gasteiger partial charge in [-0.3, -0.25) is 4.79 Å². The molecule has 1 aromatic heterocycles. The van der Waals surface area contributed by atoms with Gasteiger partial charge in [0.25, 0.3) is 5.91 Å². The Kier molecular flexibility index (Phi) is 4.53. The maximum absolute atomic E-state index is 12.0. The van der Waals surface area contributed by atoms with E-state index in [4.69, 9.17) is 4.74 Å². The number of nitrogens with one attached hydrogen (secondary N) is 1. The molecule has 1 amide bonds. The lowest BCUT2D eigenvalue weighted by Gasteiger charge is -2.04. The number of amides is 1. The summed E-state index contributed by atoms with van der Waals surface area (Å²) < 4.78 is 5.52. The number of hydrogen-bond donors (Lipinski definition) is 1. The van der Waals surface area contributed by atoms with Gasteiger partial charge in [-0.2, -0.15) is 0 Å². The van der Waals surface area contributed by atoms with Gasteiger partial charge in [0.15, 0.2) is 0 Å². The third kappa shape index (κ3) is 3.74. The van der Waals surface area contributed by atoms with E-state index in [9.17, 15) is 4.79 Å². The first-order valence-corrected chi connectivity index (χ1v) is 8.22. The fourth-order valence-electron chi connectivity index (χ4n) is 2.03. The van der Waals surface area contributed by atoms with Gasteiger partial charge in [0, 0.05) is 17.5 Å². The van der Waals surface area contributed by atoms with Gasteiger partial charge >= 0.3 is 0 Å². The Morgan fingerprint density at radius 3 is 3.14 bits per heavy atom. The number of nitrogens with zero attached hydrogens (tertiary/aromatic N) is 1. The maximum Gasteiger partial charge on any atom is 0.270 e. The Bertz CT molecular complexity index is 677. The van der Waals surface area contributed by atoms with Gasteiger partial charge < -0.3 is 10.1 Å². The van der Waals surface area contributed by atoms with Crippen molar-refractivity contribution >= 4 is 17.2 Å². The fraction of sp³-hybridized carbons (Fsp3) is 0.294. The van der Waals surface area contributed by atoms with E-state index in [2.05, 4.69) is 16.9 Å². The molecular formula is C17H18N2O2S. The number of ether oxygens (including phenoxy) is 1. The standard InChI is InChI=1S/C17H18N2O2S/c1-2-8-21-14-5-3-4-13(9-14)17-19-15(11-22-17)16(20)18-10-12-6-7-12/h2-5,9,11-12H,1,6-8,10H2,(H,18,20). The number of carbonyl (C=O) groups is 1. The summed E-state index contributed by atoms with van der Waals surface area (Å²) in [7, 11) is 0. The average molecular weight is 314 g/mol. The number of aromatic nitrogens is 1. The first-order valence-electron chi connectivity index (χ1n) is 7.34. The van der Waals surface area contributed by atoms with Gasteiger partial charge in [-0.15, -0.1) is 11.3 Å². The smallest absolute Gasteiger partial charge is 0.270 e. The van der Waals surface area contributed by atoms with Crippen molar-refractivity contribution in [2.75, 3.05) is 13.2 Å². The zero-order valence-corrected chi connectivity index (χ0v) is 13.1. The molecule has 0 saturated heterocycles. The number of thiazole rings is 1. The lowest BCUT2D eigenvalue weighted by atomic mass is 10.2. The Hall–Kier alpha value is -2.14. The van der Waals surface area contributed by atoms with Crippen LogP contribution in [0.3, 0.4) is 0 Å². The third-order valence-electron chi connectivity index (χ3n) is 3.43. The fourth-order valence-corrected chi connectivity index (χ4v) is 2.83. The Labute approximate surface area is 133 Å². The van der Waals surface area contributed by atoms with Crippen LogP contribution in [0, 0.1) is 5.92 Å². The van der Waals surface area contributed by atoms with Crippen LogP contribution in [-0.4, -0.2) is 24.0 Å². The minimum absolute atomic E-state index is 0.0894. The Morgan fingerprint density at radius 2 is 2.36 bits per heavy atom. The van der Waals surface area contributed by atoms with Crippen molar-refractivity contribution < 1.29 is 9.53 Å². The second-order valence-corrected chi connectivity index (χ2v) is 6.18. The summed E-state index contributed by atoms with van der Waals surface area (Å²) in [5.74, 6) is 1.35. The van der Waals surface area contributed by atoms with Gasteiger partial charge in [0.2, 0.25) is 0 Å². The highest BCUT2D eigenvalue weighted by Gasteiger charge is 2.22. The lowest BCUT2D eigenvalue weighted by Crippen LogP contribution is -2.25. The van der Waals surface area contributed by atoms with E-state index in [1.54, 1.807) is 11.5 Å². The summed E-state index contributed by atoms with van der Waals surface area (Å²) >= 11 is 1.47. The molecule has 4 nitrogen and oxygen atoms in total. The lowest BCUT2D eigenvalue weighted by molar-refractivity contribution is 0.0947. The molecule has 1 aliphatic carbocycles. The zero-order valence-electron chi connectivity index (χ0n) is 12.2. The van der Waals surface area contributed by atoms with Crippen LogP contribution < -0.4 is 10.1 Å².